The molecule has 0 radical (unpaired) electrons. The van der Waals surface area contributed by atoms with E-state index in [1.165, 1.54) is 38.6 Å². The van der Waals surface area contributed by atoms with Crippen molar-refractivity contribution in [3.63, 3.8) is 0 Å². The van der Waals surface area contributed by atoms with Gasteiger partial charge in [0.25, 0.3) is 0 Å². The van der Waals surface area contributed by atoms with Gasteiger partial charge in [0.2, 0.25) is 0 Å². The van der Waals surface area contributed by atoms with Crippen molar-refractivity contribution in [2.24, 2.45) is 11.7 Å². The van der Waals surface area contributed by atoms with Crippen LogP contribution in [0.1, 0.15) is 38.5 Å². The largest absolute Gasteiger partial charge is 0.329 e. The Labute approximate surface area is 94.5 Å². The molecule has 88 valence electrons. The molecule has 2 nitrogen and oxygen atoms in total. The molecule has 0 amide bonds. The zero-order chi connectivity index (χ0) is 11.1. The van der Waals surface area contributed by atoms with Crippen LogP contribution in [0, 0.1) is 5.92 Å². The number of likely N-dealkylation sites (N-methyl/N-ethyl adjacent to an activating group) is 1. The second kappa shape index (κ2) is 7.02. The first-order valence-electron chi connectivity index (χ1n) is 6.30. The maximum Gasteiger partial charge on any atom is 0.0243 e. The van der Waals surface area contributed by atoms with Gasteiger partial charge in [0, 0.05) is 12.6 Å². The van der Waals surface area contributed by atoms with Crippen molar-refractivity contribution in [2.45, 2.75) is 44.6 Å². The van der Waals surface area contributed by atoms with Crippen molar-refractivity contribution >= 4 is 0 Å². The molecule has 1 saturated carbocycles. The van der Waals surface area contributed by atoms with Gasteiger partial charge in [0.15, 0.2) is 0 Å². The lowest BCUT2D eigenvalue weighted by atomic mass is 10.1. The fraction of sp³-hybridized carbons (Fsp3) is 0.846. The summed E-state index contributed by atoms with van der Waals surface area (Å²) in [6.45, 7) is 5.77. The average molecular weight is 210 g/mol. The van der Waals surface area contributed by atoms with E-state index in [2.05, 4.69) is 18.5 Å². The third-order valence-electron chi connectivity index (χ3n) is 3.39. The molecule has 0 spiro atoms. The van der Waals surface area contributed by atoms with Gasteiger partial charge >= 0.3 is 0 Å². The maximum absolute atomic E-state index is 5.81. The highest BCUT2D eigenvalue weighted by molar-refractivity contribution is 4.87. The van der Waals surface area contributed by atoms with Crippen molar-refractivity contribution in [1.29, 1.82) is 0 Å². The van der Waals surface area contributed by atoms with Crippen molar-refractivity contribution in [3.05, 3.63) is 12.7 Å². The first-order chi connectivity index (χ1) is 7.29. The molecule has 2 heteroatoms. The minimum atomic E-state index is 0.643. The Bertz CT molecular complexity index is 175. The predicted molar refractivity (Wildman–Crippen MR) is 66.9 cm³/mol. The fourth-order valence-corrected chi connectivity index (χ4v) is 2.21. The van der Waals surface area contributed by atoms with Crippen LogP contribution in [0.15, 0.2) is 12.7 Å². The van der Waals surface area contributed by atoms with Gasteiger partial charge in [-0.3, -0.25) is 0 Å². The monoisotopic (exact) mass is 210 g/mol. The van der Waals surface area contributed by atoms with Gasteiger partial charge in [-0.1, -0.05) is 12.5 Å². The van der Waals surface area contributed by atoms with Gasteiger partial charge in [-0.15, -0.1) is 6.58 Å². The lowest BCUT2D eigenvalue weighted by Gasteiger charge is -2.26. The van der Waals surface area contributed by atoms with E-state index in [4.69, 9.17) is 5.73 Å². The van der Waals surface area contributed by atoms with E-state index < -0.39 is 0 Å². The Morgan fingerprint density at radius 1 is 1.40 bits per heavy atom. The van der Waals surface area contributed by atoms with Gasteiger partial charge in [-0.2, -0.15) is 0 Å². The van der Waals surface area contributed by atoms with E-state index in [-0.39, 0.29) is 0 Å². The highest BCUT2D eigenvalue weighted by atomic mass is 15.1. The molecule has 0 heterocycles. The summed E-state index contributed by atoms with van der Waals surface area (Å²) in [7, 11) is 2.23. The summed E-state index contributed by atoms with van der Waals surface area (Å²) >= 11 is 0. The van der Waals surface area contributed by atoms with Crippen LogP contribution in [0.4, 0.5) is 0 Å². The first-order valence-corrected chi connectivity index (χ1v) is 6.30. The Morgan fingerprint density at radius 3 is 2.67 bits per heavy atom. The van der Waals surface area contributed by atoms with Gasteiger partial charge in [0.1, 0.15) is 0 Å². The molecule has 1 rings (SSSR count). The summed E-state index contributed by atoms with van der Waals surface area (Å²) in [5.41, 5.74) is 5.81. The first kappa shape index (κ1) is 12.7. The van der Waals surface area contributed by atoms with Crippen LogP contribution >= 0.6 is 0 Å². The fourth-order valence-electron chi connectivity index (χ4n) is 2.21. The van der Waals surface area contributed by atoms with Gasteiger partial charge in [0.05, 0.1) is 0 Å². The Balaban J connectivity index is 2.05. The van der Waals surface area contributed by atoms with Crippen LogP contribution in [0.25, 0.3) is 0 Å². The van der Waals surface area contributed by atoms with Crippen molar-refractivity contribution < 1.29 is 0 Å². The Hall–Kier alpha value is -0.340. The standard InChI is InChI=1S/C13H26N2/c1-3-4-5-6-7-10-15(2)13(11-14)12-8-9-12/h3,12-13H,1,4-11,14H2,2H3. The summed E-state index contributed by atoms with van der Waals surface area (Å²) < 4.78 is 0. The molecule has 0 aromatic rings. The predicted octanol–water partition coefficient (Wildman–Crippen LogP) is 2.40. The smallest absolute Gasteiger partial charge is 0.0243 e. The van der Waals surface area contributed by atoms with Crippen LogP contribution in [0.2, 0.25) is 0 Å². The summed E-state index contributed by atoms with van der Waals surface area (Å²) in [4.78, 5) is 2.46. The quantitative estimate of drug-likeness (QED) is 0.468. The SMILES string of the molecule is C=CCCCCCN(C)C(CN)C1CC1. The van der Waals surface area contributed by atoms with Crippen LogP contribution in [-0.2, 0) is 0 Å². The summed E-state index contributed by atoms with van der Waals surface area (Å²) in [6, 6.07) is 0.643. The molecular weight excluding hydrogens is 184 g/mol. The normalized spacial score (nSPS) is 18.1. The zero-order valence-corrected chi connectivity index (χ0v) is 10.1. The molecule has 0 aromatic carbocycles. The van der Waals surface area contributed by atoms with E-state index >= 15 is 0 Å². The minimum absolute atomic E-state index is 0.643. The molecule has 1 aliphatic carbocycles. The number of hydrogen-bond donors (Lipinski definition) is 1. The van der Waals surface area contributed by atoms with Gasteiger partial charge in [-0.25, -0.2) is 0 Å². The topological polar surface area (TPSA) is 29.3 Å². The van der Waals surface area contributed by atoms with Gasteiger partial charge in [-0.05, 0) is 51.6 Å². The number of nitrogens with zero attached hydrogens (tertiary/aromatic N) is 1. The molecule has 1 unspecified atom stereocenters. The molecule has 0 saturated heterocycles. The average Bonchev–Trinajstić information content (AvgIpc) is 3.03. The molecular formula is C13H26N2. The molecule has 15 heavy (non-hydrogen) atoms. The van der Waals surface area contributed by atoms with E-state index in [9.17, 15) is 0 Å². The number of hydrogen-bond acceptors (Lipinski definition) is 2. The molecule has 1 aliphatic rings. The molecule has 0 aliphatic heterocycles. The maximum atomic E-state index is 5.81. The van der Waals surface area contributed by atoms with Crippen molar-refractivity contribution in [1.82, 2.24) is 4.90 Å². The summed E-state index contributed by atoms with van der Waals surface area (Å²) in [6.07, 6.45) is 9.86. The van der Waals surface area contributed by atoms with Crippen LogP contribution < -0.4 is 5.73 Å². The second-order valence-corrected chi connectivity index (χ2v) is 4.76. The molecule has 1 fully saturated rings. The zero-order valence-electron chi connectivity index (χ0n) is 10.1. The highest BCUT2D eigenvalue weighted by Crippen LogP contribution is 2.34. The van der Waals surface area contributed by atoms with E-state index in [1.807, 2.05) is 6.08 Å². The van der Waals surface area contributed by atoms with Gasteiger partial charge < -0.3 is 10.6 Å². The molecule has 0 bridgehead atoms. The summed E-state index contributed by atoms with van der Waals surface area (Å²) in [5.74, 6) is 0.896. The van der Waals surface area contributed by atoms with Crippen molar-refractivity contribution in [3.8, 4) is 0 Å². The third kappa shape index (κ3) is 4.80. The number of unbranched alkanes of at least 4 members (excludes halogenated alkanes) is 3. The number of rotatable bonds is 9. The van der Waals surface area contributed by atoms with E-state index in [1.54, 1.807) is 0 Å². The Morgan fingerprint density at radius 2 is 2.13 bits per heavy atom. The Kier molecular flexibility index (Phi) is 5.96. The van der Waals surface area contributed by atoms with Crippen LogP contribution in [0.5, 0.6) is 0 Å². The second-order valence-electron chi connectivity index (χ2n) is 4.76. The summed E-state index contributed by atoms with van der Waals surface area (Å²) in [5, 5.41) is 0. The highest BCUT2D eigenvalue weighted by Gasteiger charge is 2.32. The van der Waals surface area contributed by atoms with Crippen LogP contribution in [-0.4, -0.2) is 31.1 Å². The lowest BCUT2D eigenvalue weighted by molar-refractivity contribution is 0.219. The van der Waals surface area contributed by atoms with Crippen LogP contribution in [0.3, 0.4) is 0 Å². The third-order valence-corrected chi connectivity index (χ3v) is 3.39. The molecule has 2 N–H and O–H groups in total. The number of allylic oxidation sites excluding steroid dienone is 1. The molecule has 1 atom stereocenters. The van der Waals surface area contributed by atoms with E-state index in [0.717, 1.165) is 18.9 Å². The minimum Gasteiger partial charge on any atom is -0.329 e. The molecule has 0 aromatic heterocycles. The number of nitrogens with two attached hydrogens (primary N) is 1. The van der Waals surface area contributed by atoms with E-state index in [0.29, 0.717) is 6.04 Å². The lowest BCUT2D eigenvalue weighted by Crippen LogP contribution is -2.40. The van der Waals surface area contributed by atoms with Crippen molar-refractivity contribution in [2.75, 3.05) is 20.1 Å².